The molecule has 1 unspecified atom stereocenters. The van der Waals surface area contributed by atoms with Gasteiger partial charge < -0.3 is 15.0 Å². The van der Waals surface area contributed by atoms with Crippen molar-refractivity contribution in [3.63, 3.8) is 0 Å². The van der Waals surface area contributed by atoms with Gasteiger partial charge in [0.2, 0.25) is 15.9 Å². The molecule has 9 nitrogen and oxygen atoms in total. The summed E-state index contributed by atoms with van der Waals surface area (Å²) in [5, 5.41) is 7.51. The fourth-order valence-electron chi connectivity index (χ4n) is 3.37. The van der Waals surface area contributed by atoms with Gasteiger partial charge in [0, 0.05) is 24.3 Å². The number of esters is 1. The molecule has 2 aromatic carbocycles. The van der Waals surface area contributed by atoms with Crippen LogP contribution in [0.15, 0.2) is 53.4 Å². The Hall–Kier alpha value is -3.24. The monoisotopic (exact) mass is 445 g/mol. The second-order valence-electron chi connectivity index (χ2n) is 7.12. The molecule has 1 saturated heterocycles. The first-order valence-corrected chi connectivity index (χ1v) is 11.2. The smallest absolute Gasteiger partial charge is 0.311 e. The van der Waals surface area contributed by atoms with Crippen LogP contribution in [0.2, 0.25) is 0 Å². The molecule has 0 bridgehead atoms. The van der Waals surface area contributed by atoms with Crippen LogP contribution >= 0.6 is 0 Å². The minimum atomic E-state index is -3.91. The van der Waals surface area contributed by atoms with Crippen LogP contribution in [0, 0.1) is 5.92 Å². The zero-order valence-corrected chi connectivity index (χ0v) is 17.7. The molecule has 1 aliphatic heterocycles. The molecular formula is C21H23N3O6S. The molecule has 0 radical (unpaired) electrons. The number of para-hydroxylation sites is 1. The van der Waals surface area contributed by atoms with E-state index in [1.807, 2.05) is 31.2 Å². The summed E-state index contributed by atoms with van der Waals surface area (Å²) in [4.78, 5) is 38.3. The molecule has 1 fully saturated rings. The Morgan fingerprint density at radius 1 is 1.19 bits per heavy atom. The SMILES string of the molecule is CCc1ccccc1N1CC(C(=O)OCC(=O)Nc2cccc(S(N)(=O)=O)c2)CC1=O. The highest BCUT2D eigenvalue weighted by Crippen LogP contribution is 2.29. The van der Waals surface area contributed by atoms with Gasteiger partial charge in [-0.3, -0.25) is 14.4 Å². The second-order valence-corrected chi connectivity index (χ2v) is 8.68. The van der Waals surface area contributed by atoms with Crippen LogP contribution < -0.4 is 15.4 Å². The number of anilines is 2. The number of aryl methyl sites for hydroxylation is 1. The Bertz CT molecular complexity index is 1120. The molecule has 164 valence electrons. The van der Waals surface area contributed by atoms with Crippen LogP contribution in [-0.2, 0) is 35.6 Å². The van der Waals surface area contributed by atoms with E-state index in [-0.39, 0.29) is 29.5 Å². The van der Waals surface area contributed by atoms with E-state index in [4.69, 9.17) is 9.88 Å². The highest BCUT2D eigenvalue weighted by molar-refractivity contribution is 7.89. The van der Waals surface area contributed by atoms with Crippen LogP contribution in [0.3, 0.4) is 0 Å². The number of nitrogens with two attached hydrogens (primary N) is 1. The van der Waals surface area contributed by atoms with Gasteiger partial charge in [-0.05, 0) is 36.2 Å². The highest BCUT2D eigenvalue weighted by atomic mass is 32.2. The summed E-state index contributed by atoms with van der Waals surface area (Å²) in [6.07, 6.45) is 0.761. The summed E-state index contributed by atoms with van der Waals surface area (Å²) in [5.74, 6) is -2.13. The Morgan fingerprint density at radius 2 is 1.94 bits per heavy atom. The van der Waals surface area contributed by atoms with Crippen LogP contribution in [0.25, 0.3) is 0 Å². The van der Waals surface area contributed by atoms with E-state index < -0.39 is 34.4 Å². The van der Waals surface area contributed by atoms with Gasteiger partial charge in [-0.15, -0.1) is 0 Å². The normalized spacial score (nSPS) is 16.3. The zero-order chi connectivity index (χ0) is 22.6. The van der Waals surface area contributed by atoms with E-state index in [1.165, 1.54) is 24.3 Å². The quantitative estimate of drug-likeness (QED) is 0.619. The van der Waals surface area contributed by atoms with E-state index in [2.05, 4.69) is 5.32 Å². The largest absolute Gasteiger partial charge is 0.455 e. The van der Waals surface area contributed by atoms with Crippen molar-refractivity contribution in [1.29, 1.82) is 0 Å². The number of rotatable bonds is 7. The topological polar surface area (TPSA) is 136 Å². The minimum absolute atomic E-state index is 0.00884. The van der Waals surface area contributed by atoms with Crippen molar-refractivity contribution in [2.75, 3.05) is 23.4 Å². The van der Waals surface area contributed by atoms with Crippen molar-refractivity contribution < 1.29 is 27.5 Å². The molecule has 2 aromatic rings. The molecule has 3 rings (SSSR count). The van der Waals surface area contributed by atoms with Crippen molar-refractivity contribution in [2.45, 2.75) is 24.7 Å². The Balaban J connectivity index is 1.56. The van der Waals surface area contributed by atoms with Gasteiger partial charge >= 0.3 is 5.97 Å². The number of carbonyl (C=O) groups excluding carboxylic acids is 3. The summed E-state index contributed by atoms with van der Waals surface area (Å²) in [7, 11) is -3.91. The third kappa shape index (κ3) is 5.47. The fraction of sp³-hybridized carbons (Fsp3) is 0.286. The van der Waals surface area contributed by atoms with Crippen LogP contribution in [0.5, 0.6) is 0 Å². The standard InChI is InChI=1S/C21H23N3O6S/c1-2-14-6-3-4-9-18(14)24-12-15(10-20(24)26)21(27)30-13-19(25)23-16-7-5-8-17(11-16)31(22,28)29/h3-9,11,15H,2,10,12-13H2,1H3,(H,23,25)(H2,22,28,29). The van der Waals surface area contributed by atoms with Gasteiger partial charge in [0.1, 0.15) is 0 Å². The lowest BCUT2D eigenvalue weighted by molar-refractivity contribution is -0.151. The molecule has 2 amide bonds. The molecule has 0 spiro atoms. The molecule has 0 saturated carbocycles. The molecule has 1 atom stereocenters. The highest BCUT2D eigenvalue weighted by Gasteiger charge is 2.37. The number of ether oxygens (including phenoxy) is 1. The van der Waals surface area contributed by atoms with E-state index in [1.54, 1.807) is 4.90 Å². The lowest BCUT2D eigenvalue weighted by atomic mass is 10.1. The van der Waals surface area contributed by atoms with Gasteiger partial charge in [0.15, 0.2) is 6.61 Å². The average Bonchev–Trinajstić information content (AvgIpc) is 3.13. The summed E-state index contributed by atoms with van der Waals surface area (Å²) in [6.45, 7) is 1.61. The maximum Gasteiger partial charge on any atom is 0.311 e. The van der Waals surface area contributed by atoms with Crippen molar-refractivity contribution in [3.8, 4) is 0 Å². The number of amides is 2. The van der Waals surface area contributed by atoms with E-state index in [9.17, 15) is 22.8 Å². The molecule has 3 N–H and O–H groups in total. The summed E-state index contributed by atoms with van der Waals surface area (Å²) in [6, 6.07) is 12.9. The van der Waals surface area contributed by atoms with Gasteiger partial charge in [-0.25, -0.2) is 13.6 Å². The molecule has 0 aromatic heterocycles. The van der Waals surface area contributed by atoms with Crippen molar-refractivity contribution in [2.24, 2.45) is 11.1 Å². The number of nitrogens with zero attached hydrogens (tertiary/aromatic N) is 1. The van der Waals surface area contributed by atoms with Crippen LogP contribution in [-0.4, -0.2) is 39.4 Å². The van der Waals surface area contributed by atoms with Gasteiger partial charge in [-0.1, -0.05) is 31.2 Å². The third-order valence-corrected chi connectivity index (χ3v) is 5.82. The predicted octanol–water partition coefficient (Wildman–Crippen LogP) is 1.43. The minimum Gasteiger partial charge on any atom is -0.455 e. The number of hydrogen-bond acceptors (Lipinski definition) is 6. The average molecular weight is 445 g/mol. The Morgan fingerprint density at radius 3 is 2.65 bits per heavy atom. The third-order valence-electron chi connectivity index (χ3n) is 4.91. The fourth-order valence-corrected chi connectivity index (χ4v) is 3.93. The molecule has 1 aliphatic rings. The number of hydrogen-bond donors (Lipinski definition) is 2. The van der Waals surface area contributed by atoms with Crippen molar-refractivity contribution in [3.05, 3.63) is 54.1 Å². The maximum absolute atomic E-state index is 12.4. The van der Waals surface area contributed by atoms with E-state index >= 15 is 0 Å². The van der Waals surface area contributed by atoms with Gasteiger partial charge in [-0.2, -0.15) is 0 Å². The van der Waals surface area contributed by atoms with Crippen molar-refractivity contribution in [1.82, 2.24) is 0 Å². The van der Waals surface area contributed by atoms with Gasteiger partial charge in [0.05, 0.1) is 10.8 Å². The van der Waals surface area contributed by atoms with Crippen LogP contribution in [0.1, 0.15) is 18.9 Å². The second kappa shape index (κ2) is 9.27. The molecular weight excluding hydrogens is 422 g/mol. The zero-order valence-electron chi connectivity index (χ0n) is 16.9. The first-order valence-electron chi connectivity index (χ1n) is 9.66. The maximum atomic E-state index is 12.4. The Kier molecular flexibility index (Phi) is 6.71. The number of benzene rings is 2. The van der Waals surface area contributed by atoms with Gasteiger partial charge in [0.25, 0.3) is 5.91 Å². The lowest BCUT2D eigenvalue weighted by Crippen LogP contribution is -2.28. The summed E-state index contributed by atoms with van der Waals surface area (Å²) < 4.78 is 27.9. The Labute approximate surface area is 180 Å². The molecule has 31 heavy (non-hydrogen) atoms. The number of nitrogens with one attached hydrogen (secondary N) is 1. The molecule has 10 heteroatoms. The first kappa shape index (κ1) is 22.4. The van der Waals surface area contributed by atoms with E-state index in [0.29, 0.717) is 0 Å². The number of carbonyl (C=O) groups is 3. The number of sulfonamides is 1. The molecule has 0 aliphatic carbocycles. The first-order chi connectivity index (χ1) is 14.7. The lowest BCUT2D eigenvalue weighted by Gasteiger charge is -2.19. The summed E-state index contributed by atoms with van der Waals surface area (Å²) in [5.41, 5.74) is 1.98. The predicted molar refractivity (Wildman–Crippen MR) is 114 cm³/mol. The van der Waals surface area contributed by atoms with E-state index in [0.717, 1.165) is 17.7 Å². The van der Waals surface area contributed by atoms with Crippen molar-refractivity contribution >= 4 is 39.2 Å². The van der Waals surface area contributed by atoms with Crippen LogP contribution in [0.4, 0.5) is 11.4 Å². The summed E-state index contributed by atoms with van der Waals surface area (Å²) >= 11 is 0. The number of primary sulfonamides is 1. The molecule has 1 heterocycles.